The molecule has 1 saturated heterocycles. The fourth-order valence-electron chi connectivity index (χ4n) is 2.33. The molecule has 124 valence electrons. The first-order valence-electron chi connectivity index (χ1n) is 7.12. The van der Waals surface area contributed by atoms with E-state index in [0.29, 0.717) is 5.56 Å². The predicted octanol–water partition coefficient (Wildman–Crippen LogP) is 0.759. The number of nitro groups is 1. The number of ether oxygens (including phenoxy) is 1. The van der Waals surface area contributed by atoms with Crippen molar-refractivity contribution in [3.05, 3.63) is 27.8 Å². The van der Waals surface area contributed by atoms with Gasteiger partial charge in [0, 0.05) is 17.5 Å². The minimum Gasteiger partial charge on any atom is -0.500 e. The van der Waals surface area contributed by atoms with Gasteiger partial charge in [-0.3, -0.25) is 14.9 Å². The Bertz CT molecular complexity index is 626. The molecule has 9 nitrogen and oxygen atoms in total. The summed E-state index contributed by atoms with van der Waals surface area (Å²) in [6.07, 6.45) is 2.77. The van der Waals surface area contributed by atoms with Crippen LogP contribution in [0.3, 0.4) is 0 Å². The molecule has 0 spiro atoms. The first-order chi connectivity index (χ1) is 11.0. The van der Waals surface area contributed by atoms with Crippen LogP contribution in [0.4, 0.5) is 5.69 Å². The van der Waals surface area contributed by atoms with Gasteiger partial charge in [0.2, 0.25) is 11.7 Å². The van der Waals surface area contributed by atoms with Crippen molar-refractivity contribution in [2.45, 2.75) is 12.8 Å². The summed E-state index contributed by atoms with van der Waals surface area (Å²) in [5.74, 6) is -0.848. The van der Waals surface area contributed by atoms with Crippen molar-refractivity contribution in [2.24, 2.45) is 11.0 Å². The molecule has 0 bridgehead atoms. The zero-order valence-electron chi connectivity index (χ0n) is 12.6. The van der Waals surface area contributed by atoms with E-state index >= 15 is 0 Å². The maximum atomic E-state index is 11.9. The lowest BCUT2D eigenvalue weighted by Crippen LogP contribution is -2.36. The second-order valence-corrected chi connectivity index (χ2v) is 5.11. The molecule has 0 atom stereocenters. The number of phenols is 1. The van der Waals surface area contributed by atoms with Crippen molar-refractivity contribution < 1.29 is 19.6 Å². The molecule has 1 aliphatic rings. The van der Waals surface area contributed by atoms with Crippen LogP contribution in [-0.4, -0.2) is 42.4 Å². The third kappa shape index (κ3) is 4.16. The Hall–Kier alpha value is -2.68. The molecule has 1 amide bonds. The molecule has 1 heterocycles. The van der Waals surface area contributed by atoms with Gasteiger partial charge in [-0.05, 0) is 32.0 Å². The van der Waals surface area contributed by atoms with E-state index in [4.69, 9.17) is 4.74 Å². The second kappa shape index (κ2) is 7.54. The van der Waals surface area contributed by atoms with Gasteiger partial charge in [0.05, 0.1) is 18.2 Å². The van der Waals surface area contributed by atoms with E-state index in [1.807, 2.05) is 0 Å². The Balaban J connectivity index is 2.08. The fraction of sp³-hybridized carbons (Fsp3) is 0.429. The molecule has 9 heteroatoms. The summed E-state index contributed by atoms with van der Waals surface area (Å²) in [4.78, 5) is 22.1. The molecule has 1 aliphatic heterocycles. The van der Waals surface area contributed by atoms with Crippen LogP contribution in [0.2, 0.25) is 0 Å². The van der Waals surface area contributed by atoms with Gasteiger partial charge in [-0.25, -0.2) is 5.43 Å². The highest BCUT2D eigenvalue weighted by Crippen LogP contribution is 2.36. The largest absolute Gasteiger partial charge is 0.500 e. The molecule has 23 heavy (non-hydrogen) atoms. The summed E-state index contributed by atoms with van der Waals surface area (Å²) in [6.45, 7) is 1.59. The molecule has 2 rings (SSSR count). The van der Waals surface area contributed by atoms with Crippen LogP contribution in [-0.2, 0) is 4.79 Å². The van der Waals surface area contributed by atoms with Gasteiger partial charge >= 0.3 is 5.69 Å². The molecule has 0 aliphatic carbocycles. The molecule has 0 aromatic heterocycles. The first-order valence-corrected chi connectivity index (χ1v) is 7.12. The minimum atomic E-state index is -0.719. The van der Waals surface area contributed by atoms with Crippen LogP contribution in [0.1, 0.15) is 18.4 Å². The molecule has 3 N–H and O–H groups in total. The number of nitrogens with zero attached hydrogens (tertiary/aromatic N) is 2. The number of piperidine rings is 1. The Labute approximate surface area is 132 Å². The molecule has 0 saturated carbocycles. The smallest absolute Gasteiger partial charge is 0.315 e. The fourth-order valence-corrected chi connectivity index (χ4v) is 2.33. The molecule has 1 fully saturated rings. The quantitative estimate of drug-likeness (QED) is 0.417. The van der Waals surface area contributed by atoms with Crippen LogP contribution in [0, 0.1) is 16.0 Å². The number of benzene rings is 1. The number of carbonyl (C=O) groups is 1. The number of rotatable bonds is 5. The van der Waals surface area contributed by atoms with Gasteiger partial charge < -0.3 is 15.2 Å². The number of hydrazone groups is 1. The van der Waals surface area contributed by atoms with Crippen LogP contribution in [0.25, 0.3) is 0 Å². The van der Waals surface area contributed by atoms with Crippen molar-refractivity contribution in [1.29, 1.82) is 0 Å². The lowest BCUT2D eigenvalue weighted by Gasteiger charge is -2.20. The van der Waals surface area contributed by atoms with Gasteiger partial charge in [0.15, 0.2) is 5.75 Å². The van der Waals surface area contributed by atoms with Crippen LogP contribution < -0.4 is 15.5 Å². The highest BCUT2D eigenvalue weighted by molar-refractivity contribution is 5.85. The summed E-state index contributed by atoms with van der Waals surface area (Å²) in [7, 11) is 1.29. The topological polar surface area (TPSA) is 126 Å². The van der Waals surface area contributed by atoms with E-state index < -0.39 is 16.4 Å². The number of aromatic hydroxyl groups is 1. The highest BCUT2D eigenvalue weighted by Gasteiger charge is 2.21. The van der Waals surface area contributed by atoms with Gasteiger partial charge in [0.1, 0.15) is 0 Å². The normalized spacial score (nSPS) is 15.5. The monoisotopic (exact) mass is 322 g/mol. The second-order valence-electron chi connectivity index (χ2n) is 5.11. The summed E-state index contributed by atoms with van der Waals surface area (Å²) in [5.41, 5.74) is 2.27. The standard InChI is InChI=1S/C14H18N4O5/c1-23-12-7-9(6-11(13(12)19)18(21)22)8-16-17-14(20)10-2-4-15-5-3-10/h6-8,10,15,19H,2-5H2,1H3,(H,17,20)/b16-8-. The lowest BCUT2D eigenvalue weighted by atomic mass is 9.98. The molecule has 1 aromatic carbocycles. The number of nitro benzene ring substituents is 1. The van der Waals surface area contributed by atoms with Gasteiger partial charge in [-0.1, -0.05) is 0 Å². The number of hydrogen-bond donors (Lipinski definition) is 3. The third-order valence-electron chi connectivity index (χ3n) is 3.59. The van der Waals surface area contributed by atoms with Crippen LogP contribution >= 0.6 is 0 Å². The zero-order valence-corrected chi connectivity index (χ0v) is 12.6. The van der Waals surface area contributed by atoms with Crippen molar-refractivity contribution in [2.75, 3.05) is 20.2 Å². The number of nitrogens with one attached hydrogen (secondary N) is 2. The van der Waals surface area contributed by atoms with Crippen molar-refractivity contribution in [3.8, 4) is 11.5 Å². The van der Waals surface area contributed by atoms with Crippen molar-refractivity contribution in [1.82, 2.24) is 10.7 Å². The molecule has 0 radical (unpaired) electrons. The SMILES string of the molecule is COc1cc(/C=N\NC(=O)C2CCNCC2)cc([N+](=O)[O-])c1O. The van der Waals surface area contributed by atoms with Crippen molar-refractivity contribution in [3.63, 3.8) is 0 Å². The molecular formula is C14H18N4O5. The maximum absolute atomic E-state index is 11.9. The molecule has 0 unspecified atom stereocenters. The Morgan fingerprint density at radius 1 is 1.52 bits per heavy atom. The van der Waals surface area contributed by atoms with E-state index in [1.54, 1.807) is 0 Å². The Kier molecular flexibility index (Phi) is 5.47. The molecule has 1 aromatic rings. The van der Waals surface area contributed by atoms with Crippen molar-refractivity contribution >= 4 is 17.8 Å². The molecular weight excluding hydrogens is 304 g/mol. The van der Waals surface area contributed by atoms with Crippen LogP contribution in [0.5, 0.6) is 11.5 Å². The van der Waals surface area contributed by atoms with E-state index in [0.717, 1.165) is 32.0 Å². The average Bonchev–Trinajstić information content (AvgIpc) is 2.56. The van der Waals surface area contributed by atoms with E-state index in [9.17, 15) is 20.0 Å². The predicted molar refractivity (Wildman–Crippen MR) is 82.6 cm³/mol. The lowest BCUT2D eigenvalue weighted by molar-refractivity contribution is -0.386. The number of carbonyl (C=O) groups excluding carboxylic acids is 1. The Morgan fingerprint density at radius 3 is 2.83 bits per heavy atom. The van der Waals surface area contributed by atoms with E-state index in [-0.39, 0.29) is 17.6 Å². The summed E-state index contributed by atoms with van der Waals surface area (Å²) >= 11 is 0. The zero-order chi connectivity index (χ0) is 16.8. The van der Waals surface area contributed by atoms with E-state index in [1.165, 1.54) is 19.4 Å². The summed E-state index contributed by atoms with van der Waals surface area (Å²) in [6, 6.07) is 2.54. The third-order valence-corrected chi connectivity index (χ3v) is 3.59. The van der Waals surface area contributed by atoms with Gasteiger partial charge in [-0.2, -0.15) is 5.10 Å². The number of amides is 1. The van der Waals surface area contributed by atoms with Crippen LogP contribution in [0.15, 0.2) is 17.2 Å². The van der Waals surface area contributed by atoms with Gasteiger partial charge in [-0.15, -0.1) is 0 Å². The Morgan fingerprint density at radius 2 is 2.22 bits per heavy atom. The highest BCUT2D eigenvalue weighted by atomic mass is 16.6. The van der Waals surface area contributed by atoms with Gasteiger partial charge in [0.25, 0.3) is 0 Å². The first kappa shape index (κ1) is 16.7. The minimum absolute atomic E-state index is 0.0367. The maximum Gasteiger partial charge on any atom is 0.315 e. The average molecular weight is 322 g/mol. The number of methoxy groups -OCH3 is 1. The summed E-state index contributed by atoms with van der Waals surface area (Å²) < 4.78 is 4.89. The van der Waals surface area contributed by atoms with E-state index in [2.05, 4.69) is 15.8 Å². The number of hydrogen-bond acceptors (Lipinski definition) is 7. The number of phenolic OH excluding ortho intramolecular Hbond substituents is 1. The summed E-state index contributed by atoms with van der Waals surface area (Å²) in [5, 5.41) is 27.6.